The number of aryl methyl sites for hydroxylation is 1. The van der Waals surface area contributed by atoms with E-state index in [1.165, 1.54) is 25.7 Å². The van der Waals surface area contributed by atoms with Gasteiger partial charge in [0.05, 0.1) is 0 Å². The van der Waals surface area contributed by atoms with Crippen LogP contribution in [-0.4, -0.2) is 18.4 Å². The quantitative estimate of drug-likeness (QED) is 0.760. The van der Waals surface area contributed by atoms with Crippen molar-refractivity contribution < 1.29 is 14.3 Å². The van der Waals surface area contributed by atoms with Crippen molar-refractivity contribution in [2.45, 2.75) is 51.9 Å². The number of hydrogen-bond acceptors (Lipinski definition) is 3. The smallest absolute Gasteiger partial charge is 0.276 e. The summed E-state index contributed by atoms with van der Waals surface area (Å²) >= 11 is 0. The second kappa shape index (κ2) is 9.18. The van der Waals surface area contributed by atoms with Crippen molar-refractivity contribution in [1.82, 2.24) is 10.9 Å². The Kier molecular flexibility index (Phi) is 6.91. The van der Waals surface area contributed by atoms with Gasteiger partial charge in [0.15, 0.2) is 6.61 Å². The Hall–Kier alpha value is -2.04. The van der Waals surface area contributed by atoms with Gasteiger partial charge in [-0.1, -0.05) is 50.8 Å². The lowest BCUT2D eigenvalue weighted by Gasteiger charge is -2.12. The molecule has 2 rings (SSSR count). The zero-order valence-corrected chi connectivity index (χ0v) is 13.8. The molecule has 1 aromatic rings. The number of hydrogen-bond donors (Lipinski definition) is 2. The molecular formula is C18H26N2O3. The van der Waals surface area contributed by atoms with E-state index in [1.807, 2.05) is 31.2 Å². The summed E-state index contributed by atoms with van der Waals surface area (Å²) < 4.78 is 5.50. The highest BCUT2D eigenvalue weighted by atomic mass is 16.5. The molecular weight excluding hydrogens is 292 g/mol. The van der Waals surface area contributed by atoms with E-state index >= 15 is 0 Å². The lowest BCUT2D eigenvalue weighted by atomic mass is 10.0. The molecule has 126 valence electrons. The van der Waals surface area contributed by atoms with Crippen LogP contribution in [0.5, 0.6) is 5.75 Å². The molecule has 0 heterocycles. The number of carbonyl (C=O) groups excluding carboxylic acids is 2. The first kappa shape index (κ1) is 17.3. The van der Waals surface area contributed by atoms with Gasteiger partial charge in [0.25, 0.3) is 5.91 Å². The lowest BCUT2D eigenvalue weighted by Crippen LogP contribution is -2.43. The highest BCUT2D eigenvalue weighted by molar-refractivity contribution is 5.82. The third kappa shape index (κ3) is 5.93. The number of carbonyl (C=O) groups is 2. The van der Waals surface area contributed by atoms with Gasteiger partial charge < -0.3 is 4.74 Å². The Morgan fingerprint density at radius 3 is 2.57 bits per heavy atom. The maximum atomic E-state index is 11.7. The summed E-state index contributed by atoms with van der Waals surface area (Å²) in [6, 6.07) is 7.62. The minimum absolute atomic E-state index is 0.111. The lowest BCUT2D eigenvalue weighted by molar-refractivity contribution is -0.130. The summed E-state index contributed by atoms with van der Waals surface area (Å²) in [7, 11) is 0. The van der Waals surface area contributed by atoms with E-state index in [0.29, 0.717) is 18.1 Å². The molecule has 2 amide bonds. The van der Waals surface area contributed by atoms with E-state index in [2.05, 4.69) is 10.9 Å². The molecule has 1 aromatic carbocycles. The number of amides is 2. The van der Waals surface area contributed by atoms with Crippen LogP contribution < -0.4 is 15.6 Å². The Bertz CT molecular complexity index is 525. The van der Waals surface area contributed by atoms with Gasteiger partial charge in [0.1, 0.15) is 5.75 Å². The Morgan fingerprint density at radius 1 is 1.13 bits per heavy atom. The predicted octanol–water partition coefficient (Wildman–Crippen LogP) is 2.75. The second-order valence-electron chi connectivity index (χ2n) is 6.04. The van der Waals surface area contributed by atoms with Crippen molar-refractivity contribution in [2.24, 2.45) is 5.92 Å². The SMILES string of the molecule is CCc1ccccc1OCC(=O)NNC(=O)CCC1CCCC1. The summed E-state index contributed by atoms with van der Waals surface area (Å²) in [6.07, 6.45) is 7.22. The van der Waals surface area contributed by atoms with E-state index in [0.717, 1.165) is 18.4 Å². The largest absolute Gasteiger partial charge is 0.483 e. The highest BCUT2D eigenvalue weighted by Gasteiger charge is 2.16. The van der Waals surface area contributed by atoms with Gasteiger partial charge in [-0.2, -0.15) is 0 Å². The van der Waals surface area contributed by atoms with E-state index < -0.39 is 0 Å². The first-order valence-corrected chi connectivity index (χ1v) is 8.47. The molecule has 1 saturated carbocycles. The van der Waals surface area contributed by atoms with Gasteiger partial charge in [-0.25, -0.2) is 0 Å². The fourth-order valence-electron chi connectivity index (χ4n) is 2.95. The first-order chi connectivity index (χ1) is 11.2. The monoisotopic (exact) mass is 318 g/mol. The number of rotatable bonds is 7. The third-order valence-corrected chi connectivity index (χ3v) is 4.31. The van der Waals surface area contributed by atoms with Crippen molar-refractivity contribution in [2.75, 3.05) is 6.61 Å². The van der Waals surface area contributed by atoms with Crippen molar-refractivity contribution in [1.29, 1.82) is 0 Å². The maximum absolute atomic E-state index is 11.7. The van der Waals surface area contributed by atoms with E-state index in [9.17, 15) is 9.59 Å². The maximum Gasteiger partial charge on any atom is 0.276 e. The number of para-hydroxylation sites is 1. The Morgan fingerprint density at radius 2 is 1.83 bits per heavy atom. The van der Waals surface area contributed by atoms with Crippen LogP contribution in [0.15, 0.2) is 24.3 Å². The standard InChI is InChI=1S/C18H26N2O3/c1-2-15-9-5-6-10-16(15)23-13-18(22)20-19-17(21)12-11-14-7-3-4-8-14/h5-6,9-10,14H,2-4,7-8,11-13H2,1H3,(H,19,21)(H,20,22). The van der Waals surface area contributed by atoms with E-state index in [-0.39, 0.29) is 18.4 Å². The molecule has 0 atom stereocenters. The Labute approximate surface area is 137 Å². The number of benzene rings is 1. The molecule has 0 radical (unpaired) electrons. The molecule has 0 saturated heterocycles. The topological polar surface area (TPSA) is 67.4 Å². The number of ether oxygens (including phenoxy) is 1. The van der Waals surface area contributed by atoms with Gasteiger partial charge in [-0.15, -0.1) is 0 Å². The molecule has 0 spiro atoms. The van der Waals surface area contributed by atoms with Crippen LogP contribution in [0.2, 0.25) is 0 Å². The van der Waals surface area contributed by atoms with Crippen molar-refractivity contribution in [3.8, 4) is 5.75 Å². The molecule has 1 aliphatic rings. The number of hydrazine groups is 1. The summed E-state index contributed by atoms with van der Waals surface area (Å²) in [5, 5.41) is 0. The second-order valence-corrected chi connectivity index (χ2v) is 6.04. The van der Waals surface area contributed by atoms with Crippen LogP contribution in [0, 0.1) is 5.92 Å². The third-order valence-electron chi connectivity index (χ3n) is 4.31. The zero-order valence-electron chi connectivity index (χ0n) is 13.8. The van der Waals surface area contributed by atoms with Crippen LogP contribution in [0.4, 0.5) is 0 Å². The molecule has 2 N–H and O–H groups in total. The van der Waals surface area contributed by atoms with Crippen molar-refractivity contribution >= 4 is 11.8 Å². The minimum Gasteiger partial charge on any atom is -0.483 e. The predicted molar refractivity (Wildman–Crippen MR) is 88.8 cm³/mol. The van der Waals surface area contributed by atoms with Crippen molar-refractivity contribution in [3.05, 3.63) is 29.8 Å². The van der Waals surface area contributed by atoms with Gasteiger partial charge >= 0.3 is 0 Å². The molecule has 23 heavy (non-hydrogen) atoms. The van der Waals surface area contributed by atoms with Crippen LogP contribution >= 0.6 is 0 Å². The van der Waals surface area contributed by atoms with Crippen LogP contribution in [0.1, 0.15) is 51.0 Å². The van der Waals surface area contributed by atoms with E-state index in [4.69, 9.17) is 4.74 Å². The summed E-state index contributed by atoms with van der Waals surface area (Å²) in [4.78, 5) is 23.4. The minimum atomic E-state index is -0.356. The molecule has 1 fully saturated rings. The van der Waals surface area contributed by atoms with Gasteiger partial charge in [-0.05, 0) is 30.4 Å². The molecule has 5 nitrogen and oxygen atoms in total. The summed E-state index contributed by atoms with van der Waals surface area (Å²) in [5.74, 6) is 0.882. The summed E-state index contributed by atoms with van der Waals surface area (Å²) in [6.45, 7) is 1.92. The molecule has 5 heteroatoms. The normalized spacial score (nSPS) is 14.5. The average Bonchev–Trinajstić information content (AvgIpc) is 3.10. The summed E-state index contributed by atoms with van der Waals surface area (Å²) in [5.41, 5.74) is 5.91. The molecule has 0 aromatic heterocycles. The highest BCUT2D eigenvalue weighted by Crippen LogP contribution is 2.28. The molecule has 0 unspecified atom stereocenters. The van der Waals surface area contributed by atoms with Gasteiger partial charge in [0.2, 0.25) is 5.91 Å². The van der Waals surface area contributed by atoms with Gasteiger partial charge in [0, 0.05) is 6.42 Å². The van der Waals surface area contributed by atoms with Crippen LogP contribution in [-0.2, 0) is 16.0 Å². The Balaban J connectivity index is 1.63. The van der Waals surface area contributed by atoms with Crippen LogP contribution in [0.3, 0.4) is 0 Å². The fraction of sp³-hybridized carbons (Fsp3) is 0.556. The molecule has 1 aliphatic carbocycles. The first-order valence-electron chi connectivity index (χ1n) is 8.47. The molecule has 0 bridgehead atoms. The van der Waals surface area contributed by atoms with E-state index in [1.54, 1.807) is 0 Å². The van der Waals surface area contributed by atoms with Crippen LogP contribution in [0.25, 0.3) is 0 Å². The van der Waals surface area contributed by atoms with Crippen molar-refractivity contribution in [3.63, 3.8) is 0 Å². The zero-order chi connectivity index (χ0) is 16.5. The number of nitrogens with one attached hydrogen (secondary N) is 2. The van der Waals surface area contributed by atoms with Gasteiger partial charge in [-0.3, -0.25) is 20.4 Å². The average molecular weight is 318 g/mol. The molecule has 0 aliphatic heterocycles. The fourth-order valence-corrected chi connectivity index (χ4v) is 2.95.